The molecule has 0 bridgehead atoms. The van der Waals surface area contributed by atoms with E-state index in [2.05, 4.69) is 32.0 Å². The number of aryl methyl sites for hydroxylation is 2. The number of hydrogen-bond acceptors (Lipinski definition) is 5. The fourth-order valence-corrected chi connectivity index (χ4v) is 4.31. The van der Waals surface area contributed by atoms with Crippen LogP contribution in [-0.2, 0) is 7.05 Å². The average molecular weight is 388 g/mol. The molecule has 3 aromatic heterocycles. The monoisotopic (exact) mass is 388 g/mol. The standard InChI is InChI=1S/C22H24N6O/c1-13-8-15(9-17-12-28(3)26-19(13)17)20-24-21-18(22(29)25-20)10-16(11-23-21)14-4-6-27(2)7-5-14/h8-12,14H,4-7H2,1-3H3,(H,23,24,25,29). The van der Waals surface area contributed by atoms with E-state index in [9.17, 15) is 4.79 Å². The van der Waals surface area contributed by atoms with E-state index in [1.54, 1.807) is 4.68 Å². The van der Waals surface area contributed by atoms with Gasteiger partial charge in [-0.05, 0) is 75.1 Å². The summed E-state index contributed by atoms with van der Waals surface area (Å²) < 4.78 is 1.80. The van der Waals surface area contributed by atoms with Gasteiger partial charge in [0.1, 0.15) is 5.82 Å². The van der Waals surface area contributed by atoms with Gasteiger partial charge >= 0.3 is 0 Å². The van der Waals surface area contributed by atoms with Gasteiger partial charge in [0.05, 0.1) is 10.9 Å². The van der Waals surface area contributed by atoms with E-state index in [1.807, 2.05) is 44.6 Å². The van der Waals surface area contributed by atoms with Crippen LogP contribution in [0.1, 0.15) is 29.9 Å². The van der Waals surface area contributed by atoms with Crippen molar-refractivity contribution in [2.45, 2.75) is 25.7 Å². The molecule has 0 radical (unpaired) electrons. The minimum Gasteiger partial charge on any atom is -0.306 e. The van der Waals surface area contributed by atoms with Gasteiger partial charge in [-0.15, -0.1) is 0 Å². The molecule has 0 spiro atoms. The first-order valence-electron chi connectivity index (χ1n) is 10.0. The van der Waals surface area contributed by atoms with Crippen LogP contribution in [0.15, 0.2) is 35.4 Å². The van der Waals surface area contributed by atoms with Gasteiger partial charge in [-0.25, -0.2) is 9.97 Å². The molecular weight excluding hydrogens is 364 g/mol. The van der Waals surface area contributed by atoms with E-state index in [0.717, 1.165) is 53.5 Å². The highest BCUT2D eigenvalue weighted by molar-refractivity contribution is 5.86. The van der Waals surface area contributed by atoms with Gasteiger partial charge in [0, 0.05) is 30.4 Å². The van der Waals surface area contributed by atoms with Crippen molar-refractivity contribution in [2.75, 3.05) is 20.1 Å². The van der Waals surface area contributed by atoms with Gasteiger partial charge in [-0.1, -0.05) is 0 Å². The Morgan fingerprint density at radius 2 is 1.93 bits per heavy atom. The zero-order valence-corrected chi connectivity index (χ0v) is 16.9. The number of aromatic amines is 1. The Hall–Kier alpha value is -3.06. The predicted molar refractivity (Wildman–Crippen MR) is 114 cm³/mol. The lowest BCUT2D eigenvalue weighted by Crippen LogP contribution is -2.29. The fourth-order valence-electron chi connectivity index (χ4n) is 4.31. The van der Waals surface area contributed by atoms with Crippen LogP contribution >= 0.6 is 0 Å². The van der Waals surface area contributed by atoms with Crippen LogP contribution in [0.5, 0.6) is 0 Å². The highest BCUT2D eigenvalue weighted by atomic mass is 16.1. The fraction of sp³-hybridized carbons (Fsp3) is 0.364. The van der Waals surface area contributed by atoms with E-state index >= 15 is 0 Å². The minimum absolute atomic E-state index is 0.142. The first kappa shape index (κ1) is 18.0. The molecule has 1 saturated heterocycles. The third-order valence-corrected chi connectivity index (χ3v) is 5.96. The molecule has 29 heavy (non-hydrogen) atoms. The predicted octanol–water partition coefficient (Wildman–Crippen LogP) is 2.99. The molecule has 7 heteroatoms. The number of likely N-dealkylation sites (tertiary alicyclic amines) is 1. The Labute approximate surface area is 168 Å². The van der Waals surface area contributed by atoms with Gasteiger partial charge in [0.15, 0.2) is 5.65 Å². The average Bonchev–Trinajstić information content (AvgIpc) is 3.09. The van der Waals surface area contributed by atoms with Gasteiger partial charge in [-0.2, -0.15) is 5.10 Å². The molecule has 0 amide bonds. The van der Waals surface area contributed by atoms with Crippen LogP contribution in [0, 0.1) is 6.92 Å². The summed E-state index contributed by atoms with van der Waals surface area (Å²) >= 11 is 0. The molecule has 4 heterocycles. The van der Waals surface area contributed by atoms with E-state index < -0.39 is 0 Å². The molecule has 148 valence electrons. The topological polar surface area (TPSA) is 79.7 Å². The maximum Gasteiger partial charge on any atom is 0.260 e. The summed E-state index contributed by atoms with van der Waals surface area (Å²) in [5.74, 6) is 0.994. The molecule has 0 aliphatic carbocycles. The Bertz CT molecular complexity index is 1280. The molecule has 4 aromatic rings. The molecule has 1 N–H and O–H groups in total. The van der Waals surface area contributed by atoms with Crippen molar-refractivity contribution in [3.8, 4) is 11.4 Å². The van der Waals surface area contributed by atoms with Crippen LogP contribution in [-0.4, -0.2) is 49.8 Å². The molecule has 0 unspecified atom stereocenters. The number of benzene rings is 1. The highest BCUT2D eigenvalue weighted by Crippen LogP contribution is 2.29. The lowest BCUT2D eigenvalue weighted by atomic mass is 9.90. The Kier molecular flexibility index (Phi) is 4.20. The third kappa shape index (κ3) is 3.21. The van der Waals surface area contributed by atoms with Crippen molar-refractivity contribution in [1.29, 1.82) is 0 Å². The van der Waals surface area contributed by atoms with Crippen LogP contribution in [0.3, 0.4) is 0 Å². The number of H-pyrrole nitrogens is 1. The van der Waals surface area contributed by atoms with Gasteiger partial charge in [0.25, 0.3) is 5.56 Å². The van der Waals surface area contributed by atoms with E-state index in [-0.39, 0.29) is 5.56 Å². The van der Waals surface area contributed by atoms with E-state index in [0.29, 0.717) is 22.8 Å². The second-order valence-electron chi connectivity index (χ2n) is 8.17. The van der Waals surface area contributed by atoms with Crippen LogP contribution in [0.4, 0.5) is 0 Å². The summed E-state index contributed by atoms with van der Waals surface area (Å²) in [6.45, 7) is 4.17. The zero-order chi connectivity index (χ0) is 20.1. The molecule has 1 aliphatic rings. The van der Waals surface area contributed by atoms with Crippen molar-refractivity contribution in [1.82, 2.24) is 29.6 Å². The molecular formula is C22H24N6O. The summed E-state index contributed by atoms with van der Waals surface area (Å²) in [6.07, 6.45) is 6.05. The van der Waals surface area contributed by atoms with Crippen molar-refractivity contribution in [3.05, 3.63) is 52.1 Å². The first-order valence-corrected chi connectivity index (χ1v) is 10.0. The summed E-state index contributed by atoms with van der Waals surface area (Å²) in [7, 11) is 4.05. The number of hydrogen-bond donors (Lipinski definition) is 1. The maximum absolute atomic E-state index is 12.9. The largest absolute Gasteiger partial charge is 0.306 e. The highest BCUT2D eigenvalue weighted by Gasteiger charge is 2.20. The van der Waals surface area contributed by atoms with Crippen molar-refractivity contribution in [3.63, 3.8) is 0 Å². The van der Waals surface area contributed by atoms with Crippen LogP contribution in [0.25, 0.3) is 33.3 Å². The Morgan fingerprint density at radius 3 is 2.72 bits per heavy atom. The number of nitrogens with one attached hydrogen (secondary N) is 1. The summed E-state index contributed by atoms with van der Waals surface area (Å²) in [5.41, 5.74) is 4.36. The summed E-state index contributed by atoms with van der Waals surface area (Å²) in [4.78, 5) is 27.4. The number of piperidine rings is 1. The summed E-state index contributed by atoms with van der Waals surface area (Å²) in [6, 6.07) is 5.99. The third-order valence-electron chi connectivity index (χ3n) is 5.96. The zero-order valence-electron chi connectivity index (χ0n) is 16.9. The maximum atomic E-state index is 12.9. The molecule has 1 aromatic carbocycles. The molecule has 1 aliphatic heterocycles. The molecule has 5 rings (SSSR count). The van der Waals surface area contributed by atoms with Gasteiger partial charge in [-0.3, -0.25) is 9.48 Å². The smallest absolute Gasteiger partial charge is 0.260 e. The van der Waals surface area contributed by atoms with Gasteiger partial charge in [0.2, 0.25) is 0 Å². The number of rotatable bonds is 2. The van der Waals surface area contributed by atoms with Crippen molar-refractivity contribution in [2.24, 2.45) is 7.05 Å². The quantitative estimate of drug-likeness (QED) is 0.571. The molecule has 7 nitrogen and oxygen atoms in total. The van der Waals surface area contributed by atoms with Crippen molar-refractivity contribution < 1.29 is 0 Å². The molecule has 0 atom stereocenters. The second-order valence-corrected chi connectivity index (χ2v) is 8.17. The first-order chi connectivity index (χ1) is 14.0. The lowest BCUT2D eigenvalue weighted by Gasteiger charge is -2.29. The van der Waals surface area contributed by atoms with Gasteiger partial charge < -0.3 is 9.88 Å². The Balaban J connectivity index is 1.57. The van der Waals surface area contributed by atoms with E-state index in [4.69, 9.17) is 0 Å². The van der Waals surface area contributed by atoms with Crippen molar-refractivity contribution >= 4 is 21.9 Å². The number of pyridine rings is 1. The second kappa shape index (κ2) is 6.77. The number of aromatic nitrogens is 5. The van der Waals surface area contributed by atoms with Crippen LogP contribution in [0.2, 0.25) is 0 Å². The molecule has 0 saturated carbocycles. The lowest BCUT2D eigenvalue weighted by molar-refractivity contribution is 0.255. The normalized spacial score (nSPS) is 16.1. The number of fused-ring (bicyclic) bond motifs is 2. The minimum atomic E-state index is -0.142. The van der Waals surface area contributed by atoms with Crippen LogP contribution < -0.4 is 5.56 Å². The summed E-state index contributed by atoms with van der Waals surface area (Å²) in [5, 5.41) is 6.07. The van der Waals surface area contributed by atoms with E-state index in [1.165, 1.54) is 0 Å². The SMILES string of the molecule is Cc1cc(-c2nc3ncc(C4CCN(C)CC4)cc3c(=O)[nH]2)cc2cn(C)nc12. The number of nitrogens with zero attached hydrogens (tertiary/aromatic N) is 5. The Morgan fingerprint density at radius 1 is 1.14 bits per heavy atom. The molecule has 1 fully saturated rings.